The maximum atomic E-state index is 11.6. The summed E-state index contributed by atoms with van der Waals surface area (Å²) in [5.74, 6) is -0.147. The zero-order chi connectivity index (χ0) is 11.0. The lowest BCUT2D eigenvalue weighted by Gasteiger charge is -2.22. The highest BCUT2D eigenvalue weighted by Gasteiger charge is 2.18. The van der Waals surface area contributed by atoms with Gasteiger partial charge in [-0.15, -0.1) is 13.2 Å². The fourth-order valence-corrected chi connectivity index (χ4v) is 1.05. The van der Waals surface area contributed by atoms with Crippen LogP contribution in [0.15, 0.2) is 25.3 Å². The predicted octanol–water partition coefficient (Wildman–Crippen LogP) is 0.161. The number of amides is 1. The van der Waals surface area contributed by atoms with E-state index in [0.717, 1.165) is 0 Å². The molecule has 0 fully saturated rings. The molecular formula is C10H18N2O2. The third-order valence-corrected chi connectivity index (χ3v) is 1.67. The summed E-state index contributed by atoms with van der Waals surface area (Å²) >= 11 is 0. The lowest BCUT2D eigenvalue weighted by Crippen LogP contribution is -2.46. The van der Waals surface area contributed by atoms with Gasteiger partial charge in [-0.25, -0.2) is 0 Å². The van der Waals surface area contributed by atoms with Crippen LogP contribution in [0.25, 0.3) is 0 Å². The molecule has 0 aliphatic heterocycles. The smallest absolute Gasteiger partial charge is 0.242 e. The van der Waals surface area contributed by atoms with Crippen LogP contribution < -0.4 is 5.73 Å². The number of carbonyl (C=O) groups excluding carboxylic acids is 1. The second-order valence-corrected chi connectivity index (χ2v) is 2.88. The summed E-state index contributed by atoms with van der Waals surface area (Å²) in [7, 11) is 1.51. The first-order valence-electron chi connectivity index (χ1n) is 4.42. The standard InChI is InChI=1S/C10H18N2O2/c1-4-6-12(7-5-2)10(13)9(11)8-14-3/h4-5,9H,1-2,6-8,11H2,3H3. The van der Waals surface area contributed by atoms with E-state index in [1.807, 2.05) is 0 Å². The van der Waals surface area contributed by atoms with Gasteiger partial charge in [-0.3, -0.25) is 4.79 Å². The first-order chi connectivity index (χ1) is 6.67. The topological polar surface area (TPSA) is 55.6 Å². The molecule has 0 aromatic carbocycles. The Hall–Kier alpha value is -1.13. The van der Waals surface area contributed by atoms with Crippen molar-refractivity contribution in [2.75, 3.05) is 26.8 Å². The number of rotatable bonds is 7. The Morgan fingerprint density at radius 1 is 1.50 bits per heavy atom. The second-order valence-electron chi connectivity index (χ2n) is 2.88. The quantitative estimate of drug-likeness (QED) is 0.593. The maximum absolute atomic E-state index is 11.6. The average molecular weight is 198 g/mol. The fraction of sp³-hybridized carbons (Fsp3) is 0.500. The summed E-state index contributed by atoms with van der Waals surface area (Å²) in [6.07, 6.45) is 3.31. The van der Waals surface area contributed by atoms with Crippen molar-refractivity contribution in [2.24, 2.45) is 5.73 Å². The van der Waals surface area contributed by atoms with E-state index < -0.39 is 6.04 Å². The summed E-state index contributed by atoms with van der Waals surface area (Å²) in [5.41, 5.74) is 5.60. The van der Waals surface area contributed by atoms with Crippen LogP contribution in [0, 0.1) is 0 Å². The van der Waals surface area contributed by atoms with Crippen LogP contribution in [0.2, 0.25) is 0 Å². The molecule has 0 spiro atoms. The minimum absolute atomic E-state index is 0.147. The normalized spacial score (nSPS) is 11.9. The molecule has 0 aliphatic rings. The Balaban J connectivity index is 4.25. The molecule has 0 rings (SSSR count). The van der Waals surface area contributed by atoms with Gasteiger partial charge in [0.25, 0.3) is 0 Å². The molecule has 2 N–H and O–H groups in total. The van der Waals surface area contributed by atoms with Crippen LogP contribution in [0.1, 0.15) is 0 Å². The Labute approximate surface area is 85.0 Å². The van der Waals surface area contributed by atoms with Crippen molar-refractivity contribution in [2.45, 2.75) is 6.04 Å². The van der Waals surface area contributed by atoms with Gasteiger partial charge in [0.1, 0.15) is 6.04 Å². The molecule has 0 saturated heterocycles. The van der Waals surface area contributed by atoms with Crippen molar-refractivity contribution < 1.29 is 9.53 Å². The number of methoxy groups -OCH3 is 1. The van der Waals surface area contributed by atoms with Crippen LogP contribution in [0.3, 0.4) is 0 Å². The zero-order valence-corrected chi connectivity index (χ0v) is 8.61. The summed E-state index contributed by atoms with van der Waals surface area (Å²) in [6, 6.07) is -0.611. The van der Waals surface area contributed by atoms with Gasteiger partial charge in [0.2, 0.25) is 5.91 Å². The Kier molecular flexibility index (Phi) is 6.70. The minimum Gasteiger partial charge on any atom is -0.383 e. The molecule has 1 unspecified atom stereocenters. The number of carbonyl (C=O) groups is 1. The Morgan fingerprint density at radius 2 is 2.00 bits per heavy atom. The van der Waals surface area contributed by atoms with Gasteiger partial charge in [0, 0.05) is 20.2 Å². The molecule has 14 heavy (non-hydrogen) atoms. The van der Waals surface area contributed by atoms with Crippen molar-refractivity contribution in [3.05, 3.63) is 25.3 Å². The van der Waals surface area contributed by atoms with Crippen molar-refractivity contribution in [3.8, 4) is 0 Å². The van der Waals surface area contributed by atoms with Gasteiger partial charge in [0.05, 0.1) is 6.61 Å². The van der Waals surface area contributed by atoms with Gasteiger partial charge < -0.3 is 15.4 Å². The molecule has 0 saturated carbocycles. The van der Waals surface area contributed by atoms with E-state index in [0.29, 0.717) is 13.1 Å². The fourth-order valence-electron chi connectivity index (χ4n) is 1.05. The largest absolute Gasteiger partial charge is 0.383 e. The SMILES string of the molecule is C=CCN(CC=C)C(=O)C(N)COC. The molecule has 0 heterocycles. The van der Waals surface area contributed by atoms with Gasteiger partial charge in [0.15, 0.2) is 0 Å². The molecule has 1 atom stereocenters. The number of ether oxygens (including phenoxy) is 1. The molecular weight excluding hydrogens is 180 g/mol. The monoisotopic (exact) mass is 198 g/mol. The van der Waals surface area contributed by atoms with Crippen molar-refractivity contribution in [1.29, 1.82) is 0 Å². The lowest BCUT2D eigenvalue weighted by atomic mass is 10.2. The molecule has 4 nitrogen and oxygen atoms in total. The van der Waals surface area contributed by atoms with Crippen LogP contribution in [0.5, 0.6) is 0 Å². The number of hydrogen-bond donors (Lipinski definition) is 1. The van der Waals surface area contributed by atoms with Crippen molar-refractivity contribution >= 4 is 5.91 Å². The lowest BCUT2D eigenvalue weighted by molar-refractivity contribution is -0.132. The summed E-state index contributed by atoms with van der Waals surface area (Å²) in [4.78, 5) is 13.2. The molecule has 0 aliphatic carbocycles. The third kappa shape index (κ3) is 4.20. The highest BCUT2D eigenvalue weighted by Crippen LogP contribution is 1.95. The first-order valence-corrected chi connectivity index (χ1v) is 4.42. The van der Waals surface area contributed by atoms with Crippen LogP contribution in [-0.4, -0.2) is 43.7 Å². The molecule has 1 amide bonds. The molecule has 0 aromatic heterocycles. The van der Waals surface area contributed by atoms with E-state index in [9.17, 15) is 4.79 Å². The van der Waals surface area contributed by atoms with E-state index in [1.165, 1.54) is 7.11 Å². The minimum atomic E-state index is -0.611. The van der Waals surface area contributed by atoms with Crippen LogP contribution in [-0.2, 0) is 9.53 Å². The second kappa shape index (κ2) is 7.29. The highest BCUT2D eigenvalue weighted by molar-refractivity contribution is 5.82. The van der Waals surface area contributed by atoms with Crippen molar-refractivity contribution in [1.82, 2.24) is 4.90 Å². The van der Waals surface area contributed by atoms with E-state index >= 15 is 0 Å². The average Bonchev–Trinajstić information content (AvgIpc) is 2.17. The summed E-state index contributed by atoms with van der Waals surface area (Å²) in [5, 5.41) is 0. The molecule has 80 valence electrons. The molecule has 0 bridgehead atoms. The Morgan fingerprint density at radius 3 is 2.36 bits per heavy atom. The molecule has 4 heteroatoms. The van der Waals surface area contributed by atoms with E-state index in [2.05, 4.69) is 13.2 Å². The van der Waals surface area contributed by atoms with Crippen LogP contribution >= 0.6 is 0 Å². The highest BCUT2D eigenvalue weighted by atomic mass is 16.5. The number of nitrogens with zero attached hydrogens (tertiary/aromatic N) is 1. The van der Waals surface area contributed by atoms with E-state index in [-0.39, 0.29) is 12.5 Å². The maximum Gasteiger partial charge on any atom is 0.242 e. The third-order valence-electron chi connectivity index (χ3n) is 1.67. The molecule has 0 radical (unpaired) electrons. The number of hydrogen-bond acceptors (Lipinski definition) is 3. The van der Waals surface area contributed by atoms with Gasteiger partial charge in [-0.05, 0) is 0 Å². The number of nitrogens with two attached hydrogens (primary N) is 1. The van der Waals surface area contributed by atoms with E-state index in [1.54, 1.807) is 17.1 Å². The van der Waals surface area contributed by atoms with Gasteiger partial charge in [-0.1, -0.05) is 12.2 Å². The molecule has 0 aromatic rings. The Bertz CT molecular complexity index is 194. The van der Waals surface area contributed by atoms with Crippen LogP contribution in [0.4, 0.5) is 0 Å². The van der Waals surface area contributed by atoms with Crippen molar-refractivity contribution in [3.63, 3.8) is 0 Å². The van der Waals surface area contributed by atoms with E-state index in [4.69, 9.17) is 10.5 Å². The van der Waals surface area contributed by atoms with Gasteiger partial charge >= 0.3 is 0 Å². The zero-order valence-electron chi connectivity index (χ0n) is 8.61. The predicted molar refractivity (Wildman–Crippen MR) is 56.8 cm³/mol. The van der Waals surface area contributed by atoms with Gasteiger partial charge in [-0.2, -0.15) is 0 Å². The summed E-state index contributed by atoms with van der Waals surface area (Å²) in [6.45, 7) is 8.32. The first kappa shape index (κ1) is 12.9. The summed E-state index contributed by atoms with van der Waals surface area (Å²) < 4.78 is 4.81.